The second-order valence-electron chi connectivity index (χ2n) is 5.47. The average molecular weight is 229 g/mol. The first-order valence-corrected chi connectivity index (χ1v) is 6.27. The van der Waals surface area contributed by atoms with Gasteiger partial charge in [-0.2, -0.15) is 0 Å². The van der Waals surface area contributed by atoms with Crippen LogP contribution in [-0.4, -0.2) is 29.2 Å². The number of carbonyl (C=O) groups excluding carboxylic acids is 1. The van der Waals surface area contributed by atoms with Crippen LogP contribution in [0.15, 0.2) is 0 Å². The normalized spacial score (nSPS) is 11.7. The fourth-order valence-corrected chi connectivity index (χ4v) is 1.41. The molecule has 0 fully saturated rings. The molecule has 0 aliphatic rings. The van der Waals surface area contributed by atoms with Gasteiger partial charge in [0.15, 0.2) is 0 Å². The Balaban J connectivity index is 4.25. The first kappa shape index (κ1) is 15.3. The van der Waals surface area contributed by atoms with Crippen LogP contribution in [0, 0.1) is 0 Å². The number of hydrogen-bond donors (Lipinski definition) is 0. The molecule has 0 spiro atoms. The fraction of sp³-hybridized carbons (Fsp3) is 0.923. The van der Waals surface area contributed by atoms with Gasteiger partial charge in [0.25, 0.3) is 0 Å². The maximum atomic E-state index is 11.9. The first-order chi connectivity index (χ1) is 7.28. The van der Waals surface area contributed by atoms with Crippen LogP contribution < -0.4 is 0 Å². The molecule has 0 aliphatic heterocycles. The zero-order valence-electron chi connectivity index (χ0n) is 11.7. The molecule has 0 aromatic carbocycles. The van der Waals surface area contributed by atoms with E-state index in [-0.39, 0.29) is 12.1 Å². The molecule has 0 saturated carbocycles. The lowest BCUT2D eigenvalue weighted by Crippen LogP contribution is -2.41. The molecule has 3 heteroatoms. The largest absolute Gasteiger partial charge is 0.444 e. The molecule has 3 nitrogen and oxygen atoms in total. The molecule has 1 amide bonds. The number of ether oxygens (including phenoxy) is 1. The van der Waals surface area contributed by atoms with E-state index in [1.165, 1.54) is 6.42 Å². The highest BCUT2D eigenvalue weighted by Gasteiger charge is 2.23. The van der Waals surface area contributed by atoms with Gasteiger partial charge in [-0.1, -0.05) is 19.8 Å². The van der Waals surface area contributed by atoms with Crippen molar-refractivity contribution in [3.63, 3.8) is 0 Å². The summed E-state index contributed by atoms with van der Waals surface area (Å²) in [5, 5.41) is 0. The van der Waals surface area contributed by atoms with E-state index in [0.717, 1.165) is 19.4 Å². The molecule has 16 heavy (non-hydrogen) atoms. The highest BCUT2D eigenvalue weighted by Crippen LogP contribution is 2.12. The van der Waals surface area contributed by atoms with Gasteiger partial charge in [-0.05, 0) is 41.0 Å². The van der Waals surface area contributed by atoms with Gasteiger partial charge in [-0.3, -0.25) is 0 Å². The zero-order chi connectivity index (χ0) is 12.8. The van der Waals surface area contributed by atoms with E-state index < -0.39 is 5.60 Å². The van der Waals surface area contributed by atoms with Crippen molar-refractivity contribution in [2.75, 3.05) is 6.54 Å². The van der Waals surface area contributed by atoms with Gasteiger partial charge in [0, 0.05) is 12.6 Å². The van der Waals surface area contributed by atoms with Crippen LogP contribution in [0.4, 0.5) is 4.79 Å². The Hall–Kier alpha value is -0.730. The molecule has 0 atom stereocenters. The highest BCUT2D eigenvalue weighted by atomic mass is 16.6. The van der Waals surface area contributed by atoms with E-state index in [9.17, 15) is 4.79 Å². The molecular formula is C13H27NO2. The molecular weight excluding hydrogens is 202 g/mol. The lowest BCUT2D eigenvalue weighted by atomic mass is 10.2. The van der Waals surface area contributed by atoms with E-state index in [4.69, 9.17) is 4.74 Å². The lowest BCUT2D eigenvalue weighted by Gasteiger charge is -2.30. The molecule has 0 heterocycles. The summed E-state index contributed by atoms with van der Waals surface area (Å²) in [6.07, 6.45) is 3.18. The summed E-state index contributed by atoms with van der Waals surface area (Å²) < 4.78 is 5.38. The second kappa shape index (κ2) is 6.77. The van der Waals surface area contributed by atoms with Crippen LogP contribution in [0.25, 0.3) is 0 Å². The van der Waals surface area contributed by atoms with E-state index in [0.29, 0.717) is 0 Å². The maximum absolute atomic E-state index is 11.9. The average Bonchev–Trinajstić information content (AvgIpc) is 2.08. The molecule has 0 N–H and O–H groups in total. The summed E-state index contributed by atoms with van der Waals surface area (Å²) in [5.41, 5.74) is -0.408. The van der Waals surface area contributed by atoms with E-state index in [1.807, 2.05) is 34.6 Å². The third-order valence-electron chi connectivity index (χ3n) is 2.25. The molecule has 0 aliphatic carbocycles. The van der Waals surface area contributed by atoms with Crippen molar-refractivity contribution >= 4 is 6.09 Å². The summed E-state index contributed by atoms with van der Waals surface area (Å²) in [4.78, 5) is 13.7. The van der Waals surface area contributed by atoms with Crippen LogP contribution in [0.2, 0.25) is 0 Å². The molecule has 0 aromatic rings. The number of rotatable bonds is 5. The molecule has 0 radical (unpaired) electrons. The monoisotopic (exact) mass is 229 g/mol. The van der Waals surface area contributed by atoms with Crippen molar-refractivity contribution in [2.45, 2.75) is 72.4 Å². The Bertz CT molecular complexity index is 206. The van der Waals surface area contributed by atoms with Gasteiger partial charge in [0.1, 0.15) is 5.60 Å². The van der Waals surface area contributed by atoms with Crippen molar-refractivity contribution in [2.24, 2.45) is 0 Å². The highest BCUT2D eigenvalue weighted by molar-refractivity contribution is 5.68. The Morgan fingerprint density at radius 2 is 1.81 bits per heavy atom. The summed E-state index contributed by atoms with van der Waals surface area (Å²) in [7, 11) is 0. The molecule has 0 bridgehead atoms. The predicted molar refractivity (Wildman–Crippen MR) is 67.6 cm³/mol. The minimum Gasteiger partial charge on any atom is -0.444 e. The molecule has 96 valence electrons. The minimum atomic E-state index is -0.408. The second-order valence-corrected chi connectivity index (χ2v) is 5.47. The standard InChI is InChI=1S/C13H27NO2/c1-7-8-9-10-14(11(2)3)12(15)16-13(4,5)6/h11H,7-10H2,1-6H3. The van der Waals surface area contributed by atoms with Crippen LogP contribution in [0.5, 0.6) is 0 Å². The summed E-state index contributed by atoms with van der Waals surface area (Å²) in [6.45, 7) is 12.7. The Morgan fingerprint density at radius 3 is 2.19 bits per heavy atom. The van der Waals surface area contributed by atoms with E-state index in [2.05, 4.69) is 6.92 Å². The van der Waals surface area contributed by atoms with Crippen LogP contribution in [0.1, 0.15) is 60.8 Å². The number of amides is 1. The van der Waals surface area contributed by atoms with Gasteiger partial charge >= 0.3 is 6.09 Å². The molecule has 0 aromatic heterocycles. The van der Waals surface area contributed by atoms with Crippen molar-refractivity contribution in [1.29, 1.82) is 0 Å². The van der Waals surface area contributed by atoms with Crippen molar-refractivity contribution < 1.29 is 9.53 Å². The van der Waals surface area contributed by atoms with Gasteiger partial charge in [0.2, 0.25) is 0 Å². The summed E-state index contributed by atoms with van der Waals surface area (Å²) >= 11 is 0. The maximum Gasteiger partial charge on any atom is 0.410 e. The SMILES string of the molecule is CCCCCN(C(=O)OC(C)(C)C)C(C)C. The topological polar surface area (TPSA) is 29.5 Å². The van der Waals surface area contributed by atoms with Gasteiger partial charge in [0.05, 0.1) is 0 Å². The molecule has 0 saturated heterocycles. The quantitative estimate of drug-likeness (QED) is 0.671. The Labute approximate surface area is 100 Å². The van der Waals surface area contributed by atoms with Crippen LogP contribution in [0.3, 0.4) is 0 Å². The van der Waals surface area contributed by atoms with Crippen LogP contribution >= 0.6 is 0 Å². The lowest BCUT2D eigenvalue weighted by molar-refractivity contribution is 0.0188. The third-order valence-corrected chi connectivity index (χ3v) is 2.25. The summed E-state index contributed by atoms with van der Waals surface area (Å²) in [5.74, 6) is 0. The number of nitrogens with zero attached hydrogens (tertiary/aromatic N) is 1. The third kappa shape index (κ3) is 6.70. The Morgan fingerprint density at radius 1 is 1.25 bits per heavy atom. The smallest absolute Gasteiger partial charge is 0.410 e. The first-order valence-electron chi connectivity index (χ1n) is 6.27. The predicted octanol–water partition coefficient (Wildman–Crippen LogP) is 3.82. The van der Waals surface area contributed by atoms with E-state index >= 15 is 0 Å². The number of unbranched alkanes of at least 4 members (excludes halogenated alkanes) is 2. The molecule has 0 unspecified atom stereocenters. The Kier molecular flexibility index (Phi) is 6.46. The van der Waals surface area contributed by atoms with Crippen LogP contribution in [-0.2, 0) is 4.74 Å². The van der Waals surface area contributed by atoms with Crippen molar-refractivity contribution in [3.05, 3.63) is 0 Å². The van der Waals surface area contributed by atoms with Crippen molar-refractivity contribution in [1.82, 2.24) is 4.90 Å². The summed E-state index contributed by atoms with van der Waals surface area (Å²) in [6, 6.07) is 0.201. The van der Waals surface area contributed by atoms with Gasteiger partial charge < -0.3 is 9.64 Å². The number of hydrogen-bond acceptors (Lipinski definition) is 2. The fourth-order valence-electron chi connectivity index (χ4n) is 1.41. The molecule has 0 rings (SSSR count). The van der Waals surface area contributed by atoms with Gasteiger partial charge in [-0.15, -0.1) is 0 Å². The number of carbonyl (C=O) groups is 1. The van der Waals surface area contributed by atoms with Gasteiger partial charge in [-0.25, -0.2) is 4.79 Å². The minimum absolute atomic E-state index is 0.196. The zero-order valence-corrected chi connectivity index (χ0v) is 11.7. The van der Waals surface area contributed by atoms with Crippen molar-refractivity contribution in [3.8, 4) is 0 Å². The van der Waals surface area contributed by atoms with E-state index in [1.54, 1.807) is 4.90 Å².